The van der Waals surface area contributed by atoms with Gasteiger partial charge >= 0.3 is 0 Å². The predicted molar refractivity (Wildman–Crippen MR) is 411 cm³/mol. The third-order valence-corrected chi connectivity index (χ3v) is 20.7. The Morgan fingerprint density at radius 3 is 0.910 bits per heavy atom. The largest absolute Gasteiger partial charge is 0.494 e. The van der Waals surface area contributed by atoms with E-state index < -0.39 is 0 Å². The van der Waals surface area contributed by atoms with Gasteiger partial charge in [0.1, 0.15) is 22.9 Å². The average Bonchev–Trinajstić information content (AvgIpc) is 1.47. The molecule has 0 aliphatic rings. The molecule has 20 aromatic rings. The molecule has 0 fully saturated rings. The van der Waals surface area contributed by atoms with E-state index in [1.54, 1.807) is 0 Å². The van der Waals surface area contributed by atoms with Gasteiger partial charge in [-0.3, -0.25) is 9.13 Å². The first-order valence-electron chi connectivity index (χ1n) is 34.4. The third-order valence-electron chi connectivity index (χ3n) is 20.7. The summed E-state index contributed by atoms with van der Waals surface area (Å²) in [7, 11) is 0. The van der Waals surface area contributed by atoms with Crippen LogP contribution in [0.2, 0.25) is 0 Å². The van der Waals surface area contributed by atoms with Crippen LogP contribution >= 0.6 is 0 Å². The van der Waals surface area contributed by atoms with Crippen LogP contribution in [0.5, 0.6) is 11.5 Å². The van der Waals surface area contributed by atoms with Crippen molar-refractivity contribution >= 4 is 131 Å². The summed E-state index contributed by atoms with van der Waals surface area (Å²) in [5, 5.41) is 24.8. The van der Waals surface area contributed by atoms with E-state index in [1.165, 1.54) is 43.6 Å². The van der Waals surface area contributed by atoms with Crippen LogP contribution in [0, 0.1) is 11.3 Å². The number of aromatic nitrogens is 7. The number of hydrogen-bond donors (Lipinski definition) is 0. The van der Waals surface area contributed by atoms with Crippen LogP contribution in [0.15, 0.2) is 303 Å². The minimum Gasteiger partial charge on any atom is -0.494 e. The number of aryl methyl sites for hydroxylation is 2. The van der Waals surface area contributed by atoms with E-state index >= 15 is 0 Å². The molecule has 20 rings (SSSR count). The first-order valence-corrected chi connectivity index (χ1v) is 34.4. The Morgan fingerprint density at radius 1 is 0.280 bits per heavy atom. The van der Waals surface area contributed by atoms with Crippen molar-refractivity contribution in [2.75, 3.05) is 13.2 Å². The van der Waals surface area contributed by atoms with Crippen molar-refractivity contribution in [1.29, 1.82) is 5.26 Å². The van der Waals surface area contributed by atoms with Crippen LogP contribution < -0.4 is 9.47 Å². The highest BCUT2D eigenvalue weighted by atomic mass is 16.5. The lowest BCUT2D eigenvalue weighted by Gasteiger charge is -2.27. The van der Waals surface area contributed by atoms with Gasteiger partial charge in [-0.05, 0) is 128 Å². The summed E-state index contributed by atoms with van der Waals surface area (Å²) in [5.74, 6) is 2.98. The number of benzene rings is 13. The molecule has 13 aromatic carbocycles. The van der Waals surface area contributed by atoms with E-state index in [9.17, 15) is 5.26 Å². The monoisotopic (exact) mass is 1290 g/mol. The van der Waals surface area contributed by atoms with Crippen molar-refractivity contribution < 1.29 is 9.47 Å². The predicted octanol–water partition coefficient (Wildman–Crippen LogP) is 22.2. The Kier molecular flexibility index (Phi) is 13.2. The maximum Gasteiger partial charge on any atom is 0.165 e. The molecular weight excluding hydrogens is 1230 g/mol. The lowest BCUT2D eigenvalue weighted by molar-refractivity contribution is 0.303. The van der Waals surface area contributed by atoms with Gasteiger partial charge in [0.25, 0.3) is 0 Å². The molecule has 0 saturated carbocycles. The van der Waals surface area contributed by atoms with Gasteiger partial charge in [-0.1, -0.05) is 194 Å². The first kappa shape index (κ1) is 57.2. The van der Waals surface area contributed by atoms with Gasteiger partial charge < -0.3 is 27.7 Å². The second-order valence-electron chi connectivity index (χ2n) is 26.1. The summed E-state index contributed by atoms with van der Waals surface area (Å²) in [6.45, 7) is 2.68. The highest BCUT2D eigenvalue weighted by Crippen LogP contribution is 2.50. The molecule has 0 aliphatic heterocycles. The maximum atomic E-state index is 11.1. The van der Waals surface area contributed by atoms with Crippen LogP contribution in [-0.2, 0) is 13.1 Å². The fraction of sp³-hybridized carbons (Fsp3) is 0.0667. The Balaban J connectivity index is 0.836. The summed E-state index contributed by atoms with van der Waals surface area (Å²) in [4.78, 5) is 6.48. The molecule has 100 heavy (non-hydrogen) atoms. The van der Waals surface area contributed by atoms with Gasteiger partial charge in [-0.25, -0.2) is 4.98 Å². The molecule has 0 unspecified atom stereocenters. The van der Waals surface area contributed by atoms with Crippen molar-refractivity contribution in [3.05, 3.63) is 309 Å². The normalized spacial score (nSPS) is 12.0. The van der Waals surface area contributed by atoms with Crippen LogP contribution in [0.4, 0.5) is 0 Å². The lowest BCUT2D eigenvalue weighted by Crippen LogP contribution is -2.16. The quantitative estimate of drug-likeness (QED) is 0.0957. The summed E-state index contributed by atoms with van der Waals surface area (Å²) in [6, 6.07) is 111. The lowest BCUT2D eigenvalue weighted by atomic mass is 9.98. The van der Waals surface area contributed by atoms with E-state index in [2.05, 4.69) is 325 Å². The van der Waals surface area contributed by atoms with Crippen LogP contribution in [-0.4, -0.2) is 45.6 Å². The average molecular weight is 1290 g/mol. The molecule has 0 atom stereocenters. The topological polar surface area (TPSA) is 84.7 Å². The Hall–Kier alpha value is -13.1. The molecular formula is C90H62N8O2. The van der Waals surface area contributed by atoms with Gasteiger partial charge in [0, 0.05) is 105 Å². The Labute approximate surface area is 574 Å². The number of pyridine rings is 1. The molecule has 10 nitrogen and oxygen atoms in total. The van der Waals surface area contributed by atoms with E-state index in [0.717, 1.165) is 147 Å². The van der Waals surface area contributed by atoms with Crippen molar-refractivity contribution in [3.8, 4) is 51.7 Å². The van der Waals surface area contributed by atoms with Gasteiger partial charge in [0.05, 0.1) is 69.0 Å². The van der Waals surface area contributed by atoms with Gasteiger partial charge in [0.15, 0.2) is 11.6 Å². The SMILES string of the molecule is N#Cc1cccc(-c2c(-n3c4ccccc4c4ccccc43)c(-n3c4ccccc4c4cc(OCCCn5c6ccccc6c6ccccc65)ccc43)nc(-n3c4ccccc4c4cc(OCCCn5c6ccccc6c6ccccc65)ccc43)c2-n2c3ccccc3c3ccccc32)c1. The molecule has 7 aromatic heterocycles. The number of rotatable bonds is 15. The van der Waals surface area contributed by atoms with Crippen molar-refractivity contribution in [2.45, 2.75) is 25.9 Å². The molecule has 0 N–H and O–H groups in total. The van der Waals surface area contributed by atoms with Crippen molar-refractivity contribution in [2.24, 2.45) is 0 Å². The molecule has 0 spiro atoms. The Bertz CT molecular complexity index is 6190. The first-order chi connectivity index (χ1) is 49.6. The second kappa shape index (κ2) is 23.0. The fourth-order valence-corrected chi connectivity index (χ4v) is 16.5. The Morgan fingerprint density at radius 2 is 0.570 bits per heavy atom. The van der Waals surface area contributed by atoms with E-state index in [1.807, 2.05) is 12.1 Å². The number of hydrogen-bond acceptors (Lipinski definition) is 4. The van der Waals surface area contributed by atoms with Crippen molar-refractivity contribution in [3.63, 3.8) is 0 Å². The van der Waals surface area contributed by atoms with E-state index in [-0.39, 0.29) is 0 Å². The van der Waals surface area contributed by atoms with Gasteiger partial charge in [-0.2, -0.15) is 5.26 Å². The summed E-state index contributed by atoms with van der Waals surface area (Å²) < 4.78 is 28.2. The molecule has 0 radical (unpaired) electrons. The summed E-state index contributed by atoms with van der Waals surface area (Å²) in [6.07, 6.45) is 1.63. The number of para-hydroxylation sites is 10. The van der Waals surface area contributed by atoms with Crippen LogP contribution in [0.3, 0.4) is 0 Å². The third kappa shape index (κ3) is 8.78. The molecule has 474 valence electrons. The van der Waals surface area contributed by atoms with E-state index in [0.29, 0.717) is 30.4 Å². The standard InChI is InChI=1S/C90H62N8O2/c91-57-58-24-21-25-59(54-58)86-87(95-78-40-15-5-30-66(78)67-31-6-16-41-79(67)95)89(97-82-44-19-9-34-70(82)72-55-60(46-48-84(72)97)99-52-22-50-93-74-36-11-1-26-62(74)63-27-2-12-37-75(63)93)92-90(88(86)96-80-42-17-7-32-68(80)69-33-8-18-43-81(69)96)98-83-45-20-10-35-71(83)73-56-61(47-49-85(73)98)100-53-23-51-94-76-38-13-3-28-64(76)65-29-4-14-39-77(65)94/h1-21,24-49,54-56H,22-23,50-53H2. The number of ether oxygens (including phenoxy) is 2. The van der Waals surface area contributed by atoms with E-state index in [4.69, 9.17) is 14.5 Å². The zero-order valence-corrected chi connectivity index (χ0v) is 54.5. The molecule has 0 bridgehead atoms. The van der Waals surface area contributed by atoms with Gasteiger partial charge in [-0.15, -0.1) is 0 Å². The highest BCUT2D eigenvalue weighted by molar-refractivity contribution is 6.17. The summed E-state index contributed by atoms with van der Waals surface area (Å²) in [5.41, 5.74) is 16.8. The second-order valence-corrected chi connectivity index (χ2v) is 26.1. The molecule has 0 aliphatic carbocycles. The number of fused-ring (bicyclic) bond motifs is 18. The molecule has 0 amide bonds. The van der Waals surface area contributed by atoms with Gasteiger partial charge in [0.2, 0.25) is 0 Å². The van der Waals surface area contributed by atoms with Crippen LogP contribution in [0.1, 0.15) is 18.4 Å². The zero-order valence-electron chi connectivity index (χ0n) is 54.5. The smallest absolute Gasteiger partial charge is 0.165 e. The molecule has 10 heteroatoms. The summed E-state index contributed by atoms with van der Waals surface area (Å²) >= 11 is 0. The van der Waals surface area contributed by atoms with Crippen LogP contribution in [0.25, 0.3) is 165 Å². The minimum atomic E-state index is 0.527. The maximum absolute atomic E-state index is 11.1. The number of nitrogens with zero attached hydrogens (tertiary/aromatic N) is 8. The highest BCUT2D eigenvalue weighted by Gasteiger charge is 2.33. The molecule has 7 heterocycles. The zero-order chi connectivity index (χ0) is 65.9. The minimum absolute atomic E-state index is 0.527. The van der Waals surface area contributed by atoms with Crippen molar-refractivity contribution in [1.82, 2.24) is 32.4 Å². The fourth-order valence-electron chi connectivity index (χ4n) is 16.5. The number of nitriles is 1. The molecule has 0 saturated heterocycles.